The third-order valence-electron chi connectivity index (χ3n) is 2.51. The van der Waals surface area contributed by atoms with Crippen molar-refractivity contribution in [3.63, 3.8) is 0 Å². The van der Waals surface area contributed by atoms with Crippen LogP contribution >= 0.6 is 23.2 Å². The normalized spacial score (nSPS) is 11.5. The van der Waals surface area contributed by atoms with Crippen molar-refractivity contribution < 1.29 is 0 Å². The van der Waals surface area contributed by atoms with E-state index in [1.807, 2.05) is 0 Å². The summed E-state index contributed by atoms with van der Waals surface area (Å²) in [6.07, 6.45) is 2.44. The molecule has 0 unspecified atom stereocenters. The summed E-state index contributed by atoms with van der Waals surface area (Å²) in [6.45, 7) is 1.11. The number of aromatic nitrogens is 2. The van der Waals surface area contributed by atoms with Gasteiger partial charge in [0.2, 0.25) is 0 Å². The Labute approximate surface area is 123 Å². The zero-order valence-electron chi connectivity index (χ0n) is 9.53. The van der Waals surface area contributed by atoms with E-state index < -0.39 is 0 Å². The van der Waals surface area contributed by atoms with Gasteiger partial charge in [0.05, 0.1) is 0 Å². The molecule has 0 atom stereocenters. The molecule has 0 aliphatic carbocycles. The van der Waals surface area contributed by atoms with E-state index in [1.54, 1.807) is 0 Å². The van der Waals surface area contributed by atoms with Gasteiger partial charge >= 0.3 is 0 Å². The van der Waals surface area contributed by atoms with Crippen LogP contribution in [0.25, 0.3) is 0 Å². The van der Waals surface area contributed by atoms with Crippen molar-refractivity contribution >= 4 is 34.6 Å². The second kappa shape index (κ2) is 7.16. The number of halogens is 2. The molecule has 0 radical (unpaired) electrons. The largest absolute Gasteiger partial charge is 0.394 e. The molecule has 1 aliphatic rings. The first kappa shape index (κ1) is 15.5. The third kappa shape index (κ3) is 3.98. The highest BCUT2D eigenvalue weighted by molar-refractivity contribution is 6.37. The van der Waals surface area contributed by atoms with E-state index in [0.29, 0.717) is 0 Å². The summed E-state index contributed by atoms with van der Waals surface area (Å²) < 4.78 is 0. The van der Waals surface area contributed by atoms with Gasteiger partial charge < -0.3 is 11.1 Å². The van der Waals surface area contributed by atoms with Gasteiger partial charge in [-0.1, -0.05) is 48.8 Å². The second-order valence-corrected chi connectivity index (χ2v) is 4.42. The minimum atomic E-state index is 0. The smallest absolute Gasteiger partial charge is 0.156 e. The lowest BCUT2D eigenvalue weighted by Crippen LogP contribution is -1.91. The first-order chi connectivity index (χ1) is 8.68. The number of hydrogen-bond donors (Lipinski definition) is 2. The van der Waals surface area contributed by atoms with E-state index in [2.05, 4.69) is 39.6 Å². The van der Waals surface area contributed by atoms with Crippen LogP contribution in [0.15, 0.2) is 30.6 Å². The number of nitrogens with two attached hydrogens (primary N) is 1. The highest BCUT2D eigenvalue weighted by Crippen LogP contribution is 2.21. The molecule has 19 heavy (non-hydrogen) atoms. The molecule has 1 aromatic carbocycles. The van der Waals surface area contributed by atoms with Gasteiger partial charge in [-0.3, -0.25) is 0 Å². The molecule has 2 heterocycles. The van der Waals surface area contributed by atoms with Crippen molar-refractivity contribution in [2.45, 2.75) is 13.8 Å². The first-order valence-electron chi connectivity index (χ1n) is 5.41. The molecular formula is C13H16Cl2N4. The Bertz CT molecular complexity index is 503. The van der Waals surface area contributed by atoms with Crippen molar-refractivity contribution in [2.24, 2.45) is 0 Å². The van der Waals surface area contributed by atoms with Crippen LogP contribution in [0.3, 0.4) is 0 Å². The summed E-state index contributed by atoms with van der Waals surface area (Å²) in [5, 5.41) is 3.68. The quantitative estimate of drug-likeness (QED) is 0.729. The van der Waals surface area contributed by atoms with E-state index >= 15 is 0 Å². The zero-order chi connectivity index (χ0) is 13.0. The molecule has 1 aromatic heterocycles. The fourth-order valence-electron chi connectivity index (χ4n) is 1.60. The monoisotopic (exact) mass is 298 g/mol. The van der Waals surface area contributed by atoms with Gasteiger partial charge in [0.1, 0.15) is 12.0 Å². The number of anilines is 2. The highest BCUT2D eigenvalue weighted by Gasteiger charge is 2.05. The lowest BCUT2D eigenvalue weighted by Gasteiger charge is -1.94. The number of nitrogens with one attached hydrogen (secondary N) is 1. The third-order valence-corrected chi connectivity index (χ3v) is 3.12. The Hall–Kier alpha value is -1.52. The predicted molar refractivity (Wildman–Crippen MR) is 81.8 cm³/mol. The lowest BCUT2D eigenvalue weighted by atomic mass is 10.2. The van der Waals surface area contributed by atoms with Gasteiger partial charge in [-0.25, -0.2) is 9.97 Å². The summed E-state index contributed by atoms with van der Waals surface area (Å²) in [4.78, 5) is 7.17. The van der Waals surface area contributed by atoms with E-state index in [-0.39, 0.29) is 23.4 Å². The van der Waals surface area contributed by atoms with Crippen molar-refractivity contribution in [1.82, 2.24) is 9.97 Å². The molecule has 0 amide bonds. The molecule has 0 saturated heterocycles. The fourth-order valence-corrected chi connectivity index (χ4v) is 1.91. The van der Waals surface area contributed by atoms with E-state index in [4.69, 9.17) is 28.9 Å². The predicted octanol–water partition coefficient (Wildman–Crippen LogP) is 3.66. The molecule has 6 heteroatoms. The molecule has 3 rings (SSSR count). The molecule has 3 N–H and O–H groups in total. The molecule has 2 aromatic rings. The lowest BCUT2D eigenvalue weighted by molar-refractivity contribution is 1.11. The van der Waals surface area contributed by atoms with E-state index in [1.165, 1.54) is 24.0 Å². The summed E-state index contributed by atoms with van der Waals surface area (Å²) in [7, 11) is 0. The summed E-state index contributed by atoms with van der Waals surface area (Å²) in [5.41, 5.74) is 8.29. The van der Waals surface area contributed by atoms with Crippen LogP contribution in [-0.4, -0.2) is 16.5 Å². The van der Waals surface area contributed by atoms with Gasteiger partial charge in [-0.05, 0) is 18.1 Å². The maximum Gasteiger partial charge on any atom is 0.156 e. The Balaban J connectivity index is 0.000000180. The Kier molecular flexibility index (Phi) is 5.86. The maximum atomic E-state index is 5.45. The minimum absolute atomic E-state index is 0. The number of nitrogens with zero attached hydrogens (tertiary/aromatic N) is 2. The van der Waals surface area contributed by atoms with Crippen LogP contribution in [0.1, 0.15) is 13.0 Å². The van der Waals surface area contributed by atoms with Gasteiger partial charge in [-0.2, -0.15) is 0 Å². The standard InChI is InChI=1S/C8H9N.C4H3Cl2N3.CH4/c1-2-4-8-7(3-1)5-6-9-8;5-3-2(7)4(6)9-1-8-3;/h1-4,9H,5-6H2;1H,7H2;1H4. The molecular weight excluding hydrogens is 283 g/mol. The van der Waals surface area contributed by atoms with Crippen LogP contribution < -0.4 is 11.1 Å². The van der Waals surface area contributed by atoms with Crippen LogP contribution in [0.4, 0.5) is 11.4 Å². The van der Waals surface area contributed by atoms with Crippen LogP contribution in [0.2, 0.25) is 10.3 Å². The van der Waals surface area contributed by atoms with Crippen molar-refractivity contribution in [1.29, 1.82) is 0 Å². The fraction of sp³-hybridized carbons (Fsp3) is 0.231. The maximum absolute atomic E-state index is 5.45. The Morgan fingerprint density at radius 1 is 1.11 bits per heavy atom. The number of fused-ring (bicyclic) bond motifs is 1. The van der Waals surface area contributed by atoms with Gasteiger partial charge in [0.15, 0.2) is 10.3 Å². The number of hydrogen-bond acceptors (Lipinski definition) is 4. The number of rotatable bonds is 0. The molecule has 0 spiro atoms. The first-order valence-corrected chi connectivity index (χ1v) is 6.17. The van der Waals surface area contributed by atoms with Crippen LogP contribution in [0, 0.1) is 0 Å². The van der Waals surface area contributed by atoms with Crippen molar-refractivity contribution in [2.75, 3.05) is 17.6 Å². The van der Waals surface area contributed by atoms with Gasteiger partial charge in [-0.15, -0.1) is 0 Å². The van der Waals surface area contributed by atoms with Crippen LogP contribution in [0.5, 0.6) is 0 Å². The van der Waals surface area contributed by atoms with Crippen LogP contribution in [-0.2, 0) is 6.42 Å². The average Bonchev–Trinajstić information content (AvgIpc) is 2.85. The summed E-state index contributed by atoms with van der Waals surface area (Å²) >= 11 is 10.9. The Morgan fingerprint density at radius 2 is 1.74 bits per heavy atom. The molecule has 0 bridgehead atoms. The molecule has 0 saturated carbocycles. The molecule has 0 fully saturated rings. The zero-order valence-corrected chi connectivity index (χ0v) is 11.0. The van der Waals surface area contributed by atoms with E-state index in [9.17, 15) is 0 Å². The topological polar surface area (TPSA) is 63.8 Å². The average molecular weight is 299 g/mol. The van der Waals surface area contributed by atoms with Gasteiger partial charge in [0.25, 0.3) is 0 Å². The van der Waals surface area contributed by atoms with E-state index in [0.717, 1.165) is 6.54 Å². The Morgan fingerprint density at radius 3 is 2.32 bits per heavy atom. The van der Waals surface area contributed by atoms with Gasteiger partial charge in [0, 0.05) is 12.2 Å². The minimum Gasteiger partial charge on any atom is -0.394 e. The number of para-hydroxylation sites is 1. The molecule has 102 valence electrons. The second-order valence-electron chi connectivity index (χ2n) is 3.70. The number of nitrogen functional groups attached to an aromatic ring is 1. The van der Waals surface area contributed by atoms with Crippen molar-refractivity contribution in [3.8, 4) is 0 Å². The summed E-state index contributed by atoms with van der Waals surface area (Å²) in [5.74, 6) is 0. The van der Waals surface area contributed by atoms with Crippen molar-refractivity contribution in [3.05, 3.63) is 46.5 Å². The summed E-state index contributed by atoms with van der Waals surface area (Å²) in [6, 6.07) is 8.46. The highest BCUT2D eigenvalue weighted by atomic mass is 35.5. The number of benzene rings is 1. The molecule has 4 nitrogen and oxygen atoms in total. The molecule has 1 aliphatic heterocycles. The SMILES string of the molecule is C.Nc1c(Cl)ncnc1Cl.c1ccc2c(c1)CCN2.